The van der Waals surface area contributed by atoms with Gasteiger partial charge in [0.05, 0.1) is 12.1 Å². The molecule has 0 saturated heterocycles. The van der Waals surface area contributed by atoms with Gasteiger partial charge in [-0.25, -0.2) is 0 Å². The monoisotopic (exact) mass is 284 g/mol. The second-order valence-electron chi connectivity index (χ2n) is 5.09. The Labute approximate surface area is 124 Å². The summed E-state index contributed by atoms with van der Waals surface area (Å²) in [5, 5.41) is 12.9. The van der Waals surface area contributed by atoms with E-state index in [2.05, 4.69) is 5.32 Å². The molecule has 0 aromatic heterocycles. The molecule has 0 heterocycles. The van der Waals surface area contributed by atoms with Crippen LogP contribution in [0, 0.1) is 0 Å². The van der Waals surface area contributed by atoms with Crippen LogP contribution in [-0.4, -0.2) is 17.1 Å². The molecule has 0 radical (unpaired) electrons. The highest BCUT2D eigenvalue weighted by Gasteiger charge is 2.17. The molecule has 0 aliphatic carbocycles. The molecule has 0 bridgehead atoms. The number of nitrogens with one attached hydrogen (secondary N) is 1. The van der Waals surface area contributed by atoms with Crippen molar-refractivity contribution in [3.8, 4) is 0 Å². The van der Waals surface area contributed by atoms with Crippen molar-refractivity contribution in [3.63, 3.8) is 0 Å². The lowest BCUT2D eigenvalue weighted by Gasteiger charge is -2.19. The Kier molecular flexibility index (Phi) is 5.09. The molecule has 2 aromatic carbocycles. The maximum Gasteiger partial charge on any atom is 0.221 e. The van der Waals surface area contributed by atoms with Crippen LogP contribution in [0.1, 0.15) is 24.1 Å². The van der Waals surface area contributed by atoms with Gasteiger partial charge in [0.1, 0.15) is 0 Å². The fraction of sp³-hybridized carbons (Fsp3) is 0.235. The Hall–Kier alpha value is -2.17. The van der Waals surface area contributed by atoms with E-state index in [9.17, 15) is 9.90 Å². The van der Waals surface area contributed by atoms with Crippen LogP contribution in [-0.2, 0) is 11.2 Å². The first-order valence-corrected chi connectivity index (χ1v) is 6.91. The van der Waals surface area contributed by atoms with Crippen molar-refractivity contribution in [1.82, 2.24) is 0 Å². The summed E-state index contributed by atoms with van der Waals surface area (Å²) in [7, 11) is 0. The normalized spacial score (nSPS) is 13.5. The Morgan fingerprint density at radius 2 is 1.76 bits per heavy atom. The van der Waals surface area contributed by atoms with E-state index in [1.165, 1.54) is 6.92 Å². The number of rotatable bonds is 5. The number of amides is 1. The van der Waals surface area contributed by atoms with Crippen molar-refractivity contribution < 1.29 is 9.90 Å². The molecule has 21 heavy (non-hydrogen) atoms. The molecule has 0 unspecified atom stereocenters. The molecule has 4 heteroatoms. The zero-order valence-electron chi connectivity index (χ0n) is 12.0. The smallest absolute Gasteiger partial charge is 0.221 e. The minimum absolute atomic E-state index is 0.115. The molecule has 2 aromatic rings. The van der Waals surface area contributed by atoms with Gasteiger partial charge in [0, 0.05) is 19.0 Å². The molecule has 4 nitrogen and oxygen atoms in total. The number of aliphatic hydroxyl groups excluding tert-OH is 1. The number of hydrogen-bond acceptors (Lipinski definition) is 3. The van der Waals surface area contributed by atoms with Gasteiger partial charge in [0.25, 0.3) is 0 Å². The van der Waals surface area contributed by atoms with E-state index in [0.29, 0.717) is 6.42 Å². The Bertz CT molecular complexity index is 581. The van der Waals surface area contributed by atoms with E-state index in [0.717, 1.165) is 16.8 Å². The lowest BCUT2D eigenvalue weighted by atomic mass is 9.97. The number of benzene rings is 2. The van der Waals surface area contributed by atoms with E-state index in [1.54, 1.807) is 12.1 Å². The summed E-state index contributed by atoms with van der Waals surface area (Å²) in [5.41, 5.74) is 8.71. The maximum atomic E-state index is 11.0. The first-order chi connectivity index (χ1) is 10.1. The SMILES string of the molecule is CC(=O)Nc1ccc([C@@H](N)[C@@H](O)Cc2ccccc2)cc1. The van der Waals surface area contributed by atoms with Gasteiger partial charge in [-0.15, -0.1) is 0 Å². The number of carbonyl (C=O) groups is 1. The first kappa shape index (κ1) is 15.2. The predicted octanol–water partition coefficient (Wildman–Crippen LogP) is 2.25. The average Bonchev–Trinajstić information content (AvgIpc) is 2.47. The second kappa shape index (κ2) is 7.02. The van der Waals surface area contributed by atoms with Gasteiger partial charge in [0.15, 0.2) is 0 Å². The molecule has 0 saturated carbocycles. The highest BCUT2D eigenvalue weighted by atomic mass is 16.3. The van der Waals surface area contributed by atoms with Crippen LogP contribution in [0.2, 0.25) is 0 Å². The summed E-state index contributed by atoms with van der Waals surface area (Å²) in [6, 6.07) is 16.5. The zero-order valence-corrected chi connectivity index (χ0v) is 12.0. The van der Waals surface area contributed by atoms with Crippen LogP contribution >= 0.6 is 0 Å². The minimum atomic E-state index is -0.654. The molecule has 0 aliphatic rings. The molecular weight excluding hydrogens is 264 g/mol. The number of nitrogens with two attached hydrogens (primary N) is 1. The zero-order chi connectivity index (χ0) is 15.2. The molecule has 0 fully saturated rings. The van der Waals surface area contributed by atoms with Crippen LogP contribution in [0.25, 0.3) is 0 Å². The van der Waals surface area contributed by atoms with Crippen LogP contribution in [0.5, 0.6) is 0 Å². The van der Waals surface area contributed by atoms with Crippen molar-refractivity contribution in [3.05, 3.63) is 65.7 Å². The lowest BCUT2D eigenvalue weighted by molar-refractivity contribution is -0.114. The molecule has 2 atom stereocenters. The van der Waals surface area contributed by atoms with Crippen LogP contribution in [0.15, 0.2) is 54.6 Å². The lowest BCUT2D eigenvalue weighted by Crippen LogP contribution is -2.28. The Morgan fingerprint density at radius 3 is 2.33 bits per heavy atom. The molecule has 2 rings (SSSR count). The van der Waals surface area contributed by atoms with Crippen molar-refractivity contribution >= 4 is 11.6 Å². The summed E-state index contributed by atoms with van der Waals surface area (Å²) in [6.45, 7) is 1.46. The van der Waals surface area contributed by atoms with Crippen molar-refractivity contribution in [2.75, 3.05) is 5.32 Å². The predicted molar refractivity (Wildman–Crippen MR) is 83.8 cm³/mol. The van der Waals surface area contributed by atoms with E-state index in [1.807, 2.05) is 42.5 Å². The summed E-state index contributed by atoms with van der Waals surface area (Å²) >= 11 is 0. The number of anilines is 1. The van der Waals surface area contributed by atoms with Crippen LogP contribution in [0.3, 0.4) is 0 Å². The fourth-order valence-electron chi connectivity index (χ4n) is 2.20. The molecule has 4 N–H and O–H groups in total. The number of aliphatic hydroxyl groups is 1. The van der Waals surface area contributed by atoms with Gasteiger partial charge < -0.3 is 16.2 Å². The van der Waals surface area contributed by atoms with E-state index in [-0.39, 0.29) is 5.91 Å². The van der Waals surface area contributed by atoms with E-state index < -0.39 is 12.1 Å². The van der Waals surface area contributed by atoms with Crippen molar-refractivity contribution in [2.24, 2.45) is 5.73 Å². The van der Waals surface area contributed by atoms with Crippen molar-refractivity contribution in [1.29, 1.82) is 0 Å². The maximum absolute atomic E-state index is 11.0. The summed E-state index contributed by atoms with van der Waals surface area (Å²) < 4.78 is 0. The summed E-state index contributed by atoms with van der Waals surface area (Å²) in [4.78, 5) is 11.0. The standard InChI is InChI=1S/C17H20N2O2/c1-12(20)19-15-9-7-14(8-10-15)17(18)16(21)11-13-5-3-2-4-6-13/h2-10,16-17,21H,11,18H2,1H3,(H,19,20)/t16-,17+/m0/s1. The van der Waals surface area contributed by atoms with Crippen LogP contribution < -0.4 is 11.1 Å². The third kappa shape index (κ3) is 4.41. The second-order valence-corrected chi connectivity index (χ2v) is 5.09. The van der Waals surface area contributed by atoms with E-state index >= 15 is 0 Å². The average molecular weight is 284 g/mol. The summed E-state index contributed by atoms with van der Waals surface area (Å²) in [6.07, 6.45) is -0.144. The number of carbonyl (C=O) groups excluding carboxylic acids is 1. The Balaban J connectivity index is 2.01. The highest BCUT2D eigenvalue weighted by molar-refractivity contribution is 5.88. The van der Waals surface area contributed by atoms with Crippen LogP contribution in [0.4, 0.5) is 5.69 Å². The minimum Gasteiger partial charge on any atom is -0.391 e. The molecule has 110 valence electrons. The first-order valence-electron chi connectivity index (χ1n) is 6.91. The quantitative estimate of drug-likeness (QED) is 0.788. The molecule has 0 spiro atoms. The number of hydrogen-bond donors (Lipinski definition) is 3. The molecular formula is C17H20N2O2. The Morgan fingerprint density at radius 1 is 1.14 bits per heavy atom. The third-order valence-electron chi connectivity index (χ3n) is 3.32. The highest BCUT2D eigenvalue weighted by Crippen LogP contribution is 2.19. The van der Waals surface area contributed by atoms with Gasteiger partial charge >= 0.3 is 0 Å². The fourth-order valence-corrected chi connectivity index (χ4v) is 2.20. The van der Waals surface area contributed by atoms with Gasteiger partial charge in [0.2, 0.25) is 5.91 Å². The van der Waals surface area contributed by atoms with Gasteiger partial charge in [-0.05, 0) is 23.3 Å². The van der Waals surface area contributed by atoms with Gasteiger partial charge in [-0.2, -0.15) is 0 Å². The summed E-state index contributed by atoms with van der Waals surface area (Å²) in [5.74, 6) is -0.115. The largest absolute Gasteiger partial charge is 0.391 e. The molecule has 0 aliphatic heterocycles. The topological polar surface area (TPSA) is 75.4 Å². The van der Waals surface area contributed by atoms with Crippen molar-refractivity contribution in [2.45, 2.75) is 25.5 Å². The van der Waals surface area contributed by atoms with Gasteiger partial charge in [-0.1, -0.05) is 42.5 Å². The van der Waals surface area contributed by atoms with Gasteiger partial charge in [-0.3, -0.25) is 4.79 Å². The third-order valence-corrected chi connectivity index (χ3v) is 3.32. The van der Waals surface area contributed by atoms with E-state index in [4.69, 9.17) is 5.73 Å². The molecule has 1 amide bonds.